The molecule has 0 fully saturated rings. The molecule has 3 rings (SSSR count). The van der Waals surface area contributed by atoms with Crippen LogP contribution < -0.4 is 14.8 Å². The summed E-state index contributed by atoms with van der Waals surface area (Å²) in [7, 11) is 4.24. The van der Waals surface area contributed by atoms with Gasteiger partial charge in [0.1, 0.15) is 17.4 Å². The number of hydrogen-bond acceptors (Lipinski definition) is 6. The second kappa shape index (κ2) is 8.61. The molecule has 0 spiro atoms. The Hall–Kier alpha value is -3.93. The first kappa shape index (κ1) is 20.8. The first-order valence-corrected chi connectivity index (χ1v) is 8.86. The summed E-state index contributed by atoms with van der Waals surface area (Å²) in [5, 5.41) is 20.4. The molecule has 0 unspecified atom stereocenters. The minimum absolute atomic E-state index is 0.0862. The Kier molecular flexibility index (Phi) is 5.97. The molecule has 9 heteroatoms. The van der Waals surface area contributed by atoms with E-state index in [-0.39, 0.29) is 29.2 Å². The van der Waals surface area contributed by atoms with Crippen LogP contribution in [0.5, 0.6) is 11.5 Å². The fraction of sp³-hybridized carbons (Fsp3) is 0.190. The van der Waals surface area contributed by atoms with Gasteiger partial charge in [-0.1, -0.05) is 0 Å². The number of ether oxygens (including phenoxy) is 2. The van der Waals surface area contributed by atoms with E-state index >= 15 is 0 Å². The van der Waals surface area contributed by atoms with Gasteiger partial charge in [0.05, 0.1) is 14.2 Å². The van der Waals surface area contributed by atoms with Gasteiger partial charge in [-0.2, -0.15) is 5.26 Å². The maximum Gasteiger partial charge on any atom is 0.171 e. The van der Waals surface area contributed by atoms with Crippen LogP contribution in [0.25, 0.3) is 16.6 Å². The van der Waals surface area contributed by atoms with Gasteiger partial charge in [0, 0.05) is 60.2 Å². The number of fused-ring (bicyclic) bond motifs is 1. The summed E-state index contributed by atoms with van der Waals surface area (Å²) < 4.78 is 39.5. The van der Waals surface area contributed by atoms with Crippen molar-refractivity contribution in [2.75, 3.05) is 21.3 Å². The van der Waals surface area contributed by atoms with E-state index in [0.717, 1.165) is 6.07 Å². The predicted molar refractivity (Wildman–Crippen MR) is 109 cm³/mol. The number of H-pyrrole nitrogens is 1. The Balaban J connectivity index is 2.12. The first-order chi connectivity index (χ1) is 14.4. The van der Waals surface area contributed by atoms with Crippen molar-refractivity contribution < 1.29 is 18.3 Å². The minimum atomic E-state index is -0.809. The average Bonchev–Trinajstić information content (AvgIpc) is 3.16. The molecule has 0 saturated heterocycles. The summed E-state index contributed by atoms with van der Waals surface area (Å²) in [4.78, 5) is 7.28. The van der Waals surface area contributed by atoms with Crippen LogP contribution in [0.1, 0.15) is 16.7 Å². The molecule has 1 aromatic carbocycles. The highest BCUT2D eigenvalue weighted by Crippen LogP contribution is 2.34. The van der Waals surface area contributed by atoms with Crippen molar-refractivity contribution in [2.45, 2.75) is 6.42 Å². The monoisotopic (exact) mass is 411 g/mol. The van der Waals surface area contributed by atoms with Gasteiger partial charge in [-0.25, -0.2) is 13.8 Å². The quantitative estimate of drug-likeness (QED) is 0.516. The molecular weight excluding hydrogens is 392 g/mol. The van der Waals surface area contributed by atoms with Crippen molar-refractivity contribution in [3.05, 3.63) is 59.1 Å². The van der Waals surface area contributed by atoms with E-state index in [1.54, 1.807) is 25.4 Å². The number of rotatable bonds is 7. The fourth-order valence-electron chi connectivity index (χ4n) is 3.14. The molecule has 0 amide bonds. The van der Waals surface area contributed by atoms with Crippen molar-refractivity contribution in [3.8, 4) is 17.6 Å². The fourth-order valence-corrected chi connectivity index (χ4v) is 3.14. The Morgan fingerprint density at radius 1 is 1.27 bits per heavy atom. The van der Waals surface area contributed by atoms with Crippen LogP contribution >= 0.6 is 0 Å². The van der Waals surface area contributed by atoms with Crippen LogP contribution in [0.3, 0.4) is 0 Å². The summed E-state index contributed by atoms with van der Waals surface area (Å²) in [5.41, 5.74) is 1.53. The third-order valence-corrected chi connectivity index (χ3v) is 4.63. The lowest BCUT2D eigenvalue weighted by molar-refractivity contribution is 0.354. The van der Waals surface area contributed by atoms with Gasteiger partial charge in [0.15, 0.2) is 23.1 Å². The van der Waals surface area contributed by atoms with E-state index in [9.17, 15) is 8.78 Å². The molecule has 154 valence electrons. The van der Waals surface area contributed by atoms with Gasteiger partial charge in [-0.05, 0) is 11.6 Å². The molecule has 3 N–H and O–H groups in total. The molecular formula is C21H19F2N5O2. The lowest BCUT2D eigenvalue weighted by Crippen LogP contribution is -2.04. The van der Waals surface area contributed by atoms with E-state index in [1.807, 2.05) is 0 Å². The van der Waals surface area contributed by atoms with Crippen LogP contribution in [0.2, 0.25) is 0 Å². The number of methoxy groups -OCH3 is 2. The van der Waals surface area contributed by atoms with Gasteiger partial charge in [0.25, 0.3) is 0 Å². The molecule has 0 aliphatic carbocycles. The molecule has 30 heavy (non-hydrogen) atoms. The number of aromatic amines is 1. The predicted octanol–water partition coefficient (Wildman–Crippen LogP) is 3.55. The van der Waals surface area contributed by atoms with E-state index < -0.39 is 11.6 Å². The maximum absolute atomic E-state index is 14.8. The van der Waals surface area contributed by atoms with Crippen LogP contribution in [-0.2, 0) is 6.42 Å². The number of pyridine rings is 1. The van der Waals surface area contributed by atoms with Crippen LogP contribution in [-0.4, -0.2) is 36.9 Å². The third kappa shape index (κ3) is 3.67. The standard InChI is InChI=1S/C21H19F2N5O2/c1-26-10-15(16(25)7-24)12-4-13-11(8-27-21(13)28-9-12)5-14-19(22)17(29-2)6-18(30-3)20(14)23/h4,6,8-10,25-26H,5H2,1-3H3,(H,27,28)/b15-10-,25-16?. The second-order valence-electron chi connectivity index (χ2n) is 6.33. The van der Waals surface area contributed by atoms with Crippen LogP contribution in [0, 0.1) is 28.4 Å². The molecule has 0 atom stereocenters. The maximum atomic E-state index is 14.8. The largest absolute Gasteiger partial charge is 0.494 e. The second-order valence-corrected chi connectivity index (χ2v) is 6.33. The average molecular weight is 411 g/mol. The lowest BCUT2D eigenvalue weighted by Gasteiger charge is -2.12. The van der Waals surface area contributed by atoms with Gasteiger partial charge in [-0.15, -0.1) is 0 Å². The molecule has 0 aliphatic heterocycles. The van der Waals surface area contributed by atoms with Crippen molar-refractivity contribution >= 4 is 22.3 Å². The van der Waals surface area contributed by atoms with Gasteiger partial charge in [-0.3, -0.25) is 5.41 Å². The van der Waals surface area contributed by atoms with Gasteiger partial charge >= 0.3 is 0 Å². The zero-order valence-electron chi connectivity index (χ0n) is 16.6. The highest BCUT2D eigenvalue weighted by Gasteiger charge is 2.22. The molecule has 2 heterocycles. The first-order valence-electron chi connectivity index (χ1n) is 8.86. The van der Waals surface area contributed by atoms with Crippen molar-refractivity contribution in [1.82, 2.24) is 15.3 Å². The zero-order chi connectivity index (χ0) is 21.8. The molecule has 3 aromatic rings. The highest BCUT2D eigenvalue weighted by atomic mass is 19.1. The number of nitrogens with zero attached hydrogens (tertiary/aromatic N) is 2. The zero-order valence-corrected chi connectivity index (χ0v) is 16.6. The van der Waals surface area contributed by atoms with Crippen LogP contribution in [0.15, 0.2) is 30.7 Å². The van der Waals surface area contributed by atoms with Gasteiger partial charge < -0.3 is 19.8 Å². The summed E-state index contributed by atoms with van der Waals surface area (Å²) in [6.07, 6.45) is 4.57. The van der Waals surface area contributed by atoms with E-state index in [1.165, 1.54) is 26.6 Å². The minimum Gasteiger partial charge on any atom is -0.494 e. The number of nitriles is 1. The highest BCUT2D eigenvalue weighted by molar-refractivity contribution is 6.29. The smallest absolute Gasteiger partial charge is 0.171 e. The van der Waals surface area contributed by atoms with E-state index in [4.69, 9.17) is 20.1 Å². The summed E-state index contributed by atoms with van der Waals surface area (Å²) in [6.45, 7) is 0. The summed E-state index contributed by atoms with van der Waals surface area (Å²) >= 11 is 0. The Morgan fingerprint density at radius 2 is 1.93 bits per heavy atom. The molecule has 0 saturated carbocycles. The number of allylic oxidation sites excluding steroid dienone is 1. The number of hydrogen-bond donors (Lipinski definition) is 3. The van der Waals surface area contributed by atoms with E-state index in [2.05, 4.69) is 15.3 Å². The van der Waals surface area contributed by atoms with Crippen LogP contribution in [0.4, 0.5) is 8.78 Å². The molecule has 0 radical (unpaired) electrons. The Labute approximate surface area is 171 Å². The number of aromatic nitrogens is 2. The van der Waals surface area contributed by atoms with Crippen molar-refractivity contribution in [3.63, 3.8) is 0 Å². The molecule has 2 aromatic heterocycles. The molecule has 0 aliphatic rings. The lowest BCUT2D eigenvalue weighted by atomic mass is 9.99. The summed E-state index contributed by atoms with van der Waals surface area (Å²) in [6, 6.07) is 4.67. The third-order valence-electron chi connectivity index (χ3n) is 4.63. The van der Waals surface area contributed by atoms with Crippen molar-refractivity contribution in [1.29, 1.82) is 10.7 Å². The normalized spacial score (nSPS) is 11.3. The van der Waals surface area contributed by atoms with Gasteiger partial charge in [0.2, 0.25) is 0 Å². The summed E-state index contributed by atoms with van der Waals surface area (Å²) in [5.74, 6) is -1.86. The Bertz CT molecular complexity index is 1170. The van der Waals surface area contributed by atoms with Crippen molar-refractivity contribution in [2.24, 2.45) is 0 Å². The Morgan fingerprint density at radius 3 is 2.50 bits per heavy atom. The topological polar surface area (TPSA) is 107 Å². The number of nitrogens with one attached hydrogen (secondary N) is 3. The van der Waals surface area contributed by atoms with E-state index in [0.29, 0.717) is 27.7 Å². The molecule has 7 nitrogen and oxygen atoms in total. The number of halogens is 2. The molecule has 0 bridgehead atoms. The number of benzene rings is 1. The SMILES string of the molecule is CN/C=C(\C(=N)C#N)c1cnc2[nH]cc(Cc3c(F)c(OC)cc(OC)c3F)c2c1.